The number of hydrogen-bond donors (Lipinski definition) is 1. The van der Waals surface area contributed by atoms with Gasteiger partial charge in [-0.1, -0.05) is 0 Å². The molecule has 1 fully saturated rings. The Morgan fingerprint density at radius 2 is 2.50 bits per heavy atom. The highest BCUT2D eigenvalue weighted by atomic mass is 16.7. The van der Waals surface area contributed by atoms with Gasteiger partial charge in [-0.2, -0.15) is 0 Å². The second kappa shape index (κ2) is 4.27. The molecule has 1 saturated heterocycles. The number of carbonyl (C=O) groups excluding carboxylic acids is 1. The number of urea groups is 1. The monoisotopic (exact) mass is 174 g/mol. The van der Waals surface area contributed by atoms with Gasteiger partial charge in [-0.25, -0.2) is 9.86 Å². The number of ether oxygens (including phenoxy) is 1. The van der Waals surface area contributed by atoms with Gasteiger partial charge in [0.05, 0.1) is 19.8 Å². The molecule has 1 rings (SSSR count). The molecule has 12 heavy (non-hydrogen) atoms. The third-order valence-corrected chi connectivity index (χ3v) is 1.82. The van der Waals surface area contributed by atoms with E-state index in [1.54, 1.807) is 7.05 Å². The van der Waals surface area contributed by atoms with Crippen LogP contribution in [0.15, 0.2) is 0 Å². The lowest BCUT2D eigenvalue weighted by atomic mass is 10.3. The SMILES string of the molecule is CON(C)C(=O)NC1CCOC1. The molecule has 0 aromatic carbocycles. The summed E-state index contributed by atoms with van der Waals surface area (Å²) in [4.78, 5) is 15.9. The van der Waals surface area contributed by atoms with Crippen molar-refractivity contribution in [2.75, 3.05) is 27.4 Å². The average molecular weight is 174 g/mol. The molecule has 0 saturated carbocycles. The fourth-order valence-electron chi connectivity index (χ4n) is 0.997. The second-order valence-electron chi connectivity index (χ2n) is 2.69. The maximum Gasteiger partial charge on any atom is 0.341 e. The summed E-state index contributed by atoms with van der Waals surface area (Å²) in [6.07, 6.45) is 0.878. The minimum atomic E-state index is -0.229. The van der Waals surface area contributed by atoms with E-state index in [0.717, 1.165) is 18.1 Å². The number of rotatable bonds is 2. The second-order valence-corrected chi connectivity index (χ2v) is 2.69. The summed E-state index contributed by atoms with van der Waals surface area (Å²) in [5.41, 5.74) is 0. The Labute approximate surface area is 71.6 Å². The molecule has 0 bridgehead atoms. The van der Waals surface area contributed by atoms with Crippen LogP contribution < -0.4 is 5.32 Å². The van der Waals surface area contributed by atoms with E-state index in [-0.39, 0.29) is 12.1 Å². The number of nitrogens with zero attached hydrogens (tertiary/aromatic N) is 1. The molecule has 1 aliphatic rings. The molecular weight excluding hydrogens is 160 g/mol. The summed E-state index contributed by atoms with van der Waals surface area (Å²) in [7, 11) is 3.01. The van der Waals surface area contributed by atoms with Crippen LogP contribution in [-0.4, -0.2) is 44.5 Å². The fourth-order valence-corrected chi connectivity index (χ4v) is 0.997. The maximum absolute atomic E-state index is 11.2. The third-order valence-electron chi connectivity index (χ3n) is 1.82. The Bertz CT molecular complexity index is 157. The van der Waals surface area contributed by atoms with E-state index in [2.05, 4.69) is 5.32 Å². The van der Waals surface area contributed by atoms with Crippen molar-refractivity contribution in [3.63, 3.8) is 0 Å². The quantitative estimate of drug-likeness (QED) is 0.598. The lowest BCUT2D eigenvalue weighted by Crippen LogP contribution is -2.42. The van der Waals surface area contributed by atoms with Gasteiger partial charge in [0, 0.05) is 13.7 Å². The van der Waals surface area contributed by atoms with Crippen molar-refractivity contribution >= 4 is 6.03 Å². The summed E-state index contributed by atoms with van der Waals surface area (Å²) >= 11 is 0. The topological polar surface area (TPSA) is 50.8 Å². The minimum absolute atomic E-state index is 0.134. The zero-order valence-electron chi connectivity index (χ0n) is 7.37. The highest BCUT2D eigenvalue weighted by Crippen LogP contribution is 2.03. The first-order valence-electron chi connectivity index (χ1n) is 3.90. The summed E-state index contributed by atoms with van der Waals surface area (Å²) in [5, 5.41) is 3.92. The van der Waals surface area contributed by atoms with Crippen molar-refractivity contribution < 1.29 is 14.4 Å². The highest BCUT2D eigenvalue weighted by molar-refractivity contribution is 5.73. The molecule has 0 aliphatic carbocycles. The summed E-state index contributed by atoms with van der Waals surface area (Å²) in [5.74, 6) is 0. The molecule has 5 nitrogen and oxygen atoms in total. The zero-order valence-corrected chi connectivity index (χ0v) is 7.37. The Morgan fingerprint density at radius 1 is 1.75 bits per heavy atom. The first kappa shape index (κ1) is 9.28. The normalized spacial score (nSPS) is 22.3. The Kier molecular flexibility index (Phi) is 3.31. The first-order valence-corrected chi connectivity index (χ1v) is 3.90. The summed E-state index contributed by atoms with van der Waals surface area (Å²) in [6.45, 7) is 1.32. The molecule has 1 atom stereocenters. The van der Waals surface area contributed by atoms with Gasteiger partial charge in [-0.15, -0.1) is 0 Å². The lowest BCUT2D eigenvalue weighted by molar-refractivity contribution is -0.0655. The van der Waals surface area contributed by atoms with Crippen LogP contribution in [0.3, 0.4) is 0 Å². The van der Waals surface area contributed by atoms with Crippen LogP contribution in [0.2, 0.25) is 0 Å². The molecule has 2 amide bonds. The molecule has 1 unspecified atom stereocenters. The molecule has 1 N–H and O–H groups in total. The number of amides is 2. The van der Waals surface area contributed by atoms with Crippen LogP contribution >= 0.6 is 0 Å². The summed E-state index contributed by atoms with van der Waals surface area (Å²) < 4.78 is 5.10. The van der Waals surface area contributed by atoms with Gasteiger partial charge in [-0.3, -0.25) is 4.84 Å². The predicted molar refractivity (Wildman–Crippen MR) is 42.5 cm³/mol. The van der Waals surface area contributed by atoms with Crippen LogP contribution in [0.5, 0.6) is 0 Å². The van der Waals surface area contributed by atoms with Gasteiger partial charge >= 0.3 is 6.03 Å². The van der Waals surface area contributed by atoms with Crippen molar-refractivity contribution in [1.82, 2.24) is 10.4 Å². The van der Waals surface area contributed by atoms with Crippen molar-refractivity contribution in [2.45, 2.75) is 12.5 Å². The van der Waals surface area contributed by atoms with Crippen LogP contribution in [-0.2, 0) is 9.57 Å². The van der Waals surface area contributed by atoms with Crippen molar-refractivity contribution in [3.05, 3.63) is 0 Å². The van der Waals surface area contributed by atoms with Crippen molar-refractivity contribution in [3.8, 4) is 0 Å². The molecule has 1 aliphatic heterocycles. The molecule has 1 heterocycles. The molecular formula is C7H14N2O3. The van der Waals surface area contributed by atoms with E-state index < -0.39 is 0 Å². The summed E-state index contributed by atoms with van der Waals surface area (Å²) in [6, 6.07) is -0.0944. The average Bonchev–Trinajstić information content (AvgIpc) is 2.55. The third kappa shape index (κ3) is 2.35. The molecule has 0 aromatic rings. The van der Waals surface area contributed by atoms with E-state index in [9.17, 15) is 4.79 Å². The number of hydrogen-bond acceptors (Lipinski definition) is 3. The maximum atomic E-state index is 11.2. The molecule has 5 heteroatoms. The van der Waals surface area contributed by atoms with E-state index in [1.807, 2.05) is 0 Å². The van der Waals surface area contributed by atoms with Crippen LogP contribution in [0.25, 0.3) is 0 Å². The molecule has 70 valence electrons. The van der Waals surface area contributed by atoms with E-state index in [0.29, 0.717) is 6.61 Å². The fraction of sp³-hybridized carbons (Fsp3) is 0.857. The van der Waals surface area contributed by atoms with Crippen molar-refractivity contribution in [2.24, 2.45) is 0 Å². The zero-order chi connectivity index (χ0) is 8.97. The largest absolute Gasteiger partial charge is 0.379 e. The number of carbonyl (C=O) groups is 1. The first-order chi connectivity index (χ1) is 5.74. The standard InChI is InChI=1S/C7H14N2O3/c1-9(11-2)7(10)8-6-3-4-12-5-6/h6H,3-5H2,1-2H3,(H,8,10). The van der Waals surface area contributed by atoms with E-state index in [1.165, 1.54) is 7.11 Å². The molecule has 0 aromatic heterocycles. The lowest BCUT2D eigenvalue weighted by Gasteiger charge is -2.17. The van der Waals surface area contributed by atoms with Gasteiger partial charge in [0.1, 0.15) is 0 Å². The molecule has 0 radical (unpaired) electrons. The van der Waals surface area contributed by atoms with Crippen LogP contribution in [0.4, 0.5) is 4.79 Å². The Balaban J connectivity index is 2.25. The van der Waals surface area contributed by atoms with Gasteiger partial charge in [-0.05, 0) is 6.42 Å². The number of nitrogens with one attached hydrogen (secondary N) is 1. The van der Waals surface area contributed by atoms with E-state index >= 15 is 0 Å². The van der Waals surface area contributed by atoms with E-state index in [4.69, 9.17) is 9.57 Å². The van der Waals surface area contributed by atoms with Crippen LogP contribution in [0, 0.1) is 0 Å². The van der Waals surface area contributed by atoms with Gasteiger partial charge in [0.2, 0.25) is 0 Å². The Hall–Kier alpha value is -0.810. The van der Waals surface area contributed by atoms with Gasteiger partial charge in [0.15, 0.2) is 0 Å². The number of hydroxylamine groups is 2. The highest BCUT2D eigenvalue weighted by Gasteiger charge is 2.19. The predicted octanol–water partition coefficient (Wildman–Crippen LogP) is -0.0219. The van der Waals surface area contributed by atoms with Crippen molar-refractivity contribution in [1.29, 1.82) is 0 Å². The Morgan fingerprint density at radius 3 is 3.00 bits per heavy atom. The van der Waals surface area contributed by atoms with Crippen LogP contribution in [0.1, 0.15) is 6.42 Å². The minimum Gasteiger partial charge on any atom is -0.379 e. The van der Waals surface area contributed by atoms with Gasteiger partial charge < -0.3 is 10.1 Å². The molecule has 0 spiro atoms. The van der Waals surface area contributed by atoms with Gasteiger partial charge in [0.25, 0.3) is 0 Å². The smallest absolute Gasteiger partial charge is 0.341 e.